The Kier molecular flexibility index (Phi) is 5.69. The fourth-order valence-corrected chi connectivity index (χ4v) is 2.59. The van der Waals surface area contributed by atoms with E-state index in [0.29, 0.717) is 0 Å². The summed E-state index contributed by atoms with van der Waals surface area (Å²) < 4.78 is 5.50. The second kappa shape index (κ2) is 8.36. The van der Waals surface area contributed by atoms with Crippen LogP contribution in [-0.4, -0.2) is 19.9 Å². The van der Waals surface area contributed by atoms with Crippen molar-refractivity contribution in [1.29, 1.82) is 0 Å². The zero-order valence-electron chi connectivity index (χ0n) is 13.9. The molecule has 0 atom stereocenters. The molecular weight excluding hydrogens is 300 g/mol. The molecule has 0 bridgehead atoms. The molecule has 3 aromatic heterocycles. The lowest BCUT2D eigenvalue weighted by molar-refractivity contribution is 0.224. The van der Waals surface area contributed by atoms with Crippen LogP contribution in [0.2, 0.25) is 0 Å². The zero-order valence-corrected chi connectivity index (χ0v) is 13.9. The highest BCUT2D eigenvalue weighted by Gasteiger charge is 2.11. The highest BCUT2D eigenvalue weighted by atomic mass is 16.3. The van der Waals surface area contributed by atoms with Gasteiger partial charge in [0.05, 0.1) is 18.5 Å². The van der Waals surface area contributed by atoms with E-state index in [0.717, 1.165) is 55.3 Å². The number of hydrogen-bond donors (Lipinski definition) is 0. The van der Waals surface area contributed by atoms with Crippen LogP contribution in [-0.2, 0) is 26.1 Å². The lowest BCUT2D eigenvalue weighted by atomic mass is 10.2. The largest absolute Gasteiger partial charge is 0.468 e. The van der Waals surface area contributed by atoms with Gasteiger partial charge in [-0.15, -0.1) is 0 Å². The number of furan rings is 1. The summed E-state index contributed by atoms with van der Waals surface area (Å²) in [5, 5.41) is 0. The van der Waals surface area contributed by atoms with Crippen LogP contribution in [0.1, 0.15) is 36.2 Å². The van der Waals surface area contributed by atoms with Crippen molar-refractivity contribution in [2.45, 2.75) is 39.4 Å². The Hall–Kier alpha value is -2.53. The van der Waals surface area contributed by atoms with Gasteiger partial charge in [-0.3, -0.25) is 9.88 Å². The van der Waals surface area contributed by atoms with Gasteiger partial charge in [0, 0.05) is 43.7 Å². The summed E-state index contributed by atoms with van der Waals surface area (Å²) in [4.78, 5) is 15.6. The van der Waals surface area contributed by atoms with Gasteiger partial charge in [-0.25, -0.2) is 9.97 Å². The van der Waals surface area contributed by atoms with Crippen molar-refractivity contribution < 1.29 is 4.42 Å². The first kappa shape index (κ1) is 16.3. The molecule has 3 aromatic rings. The van der Waals surface area contributed by atoms with E-state index >= 15 is 0 Å². The van der Waals surface area contributed by atoms with Crippen LogP contribution < -0.4 is 0 Å². The van der Waals surface area contributed by atoms with Gasteiger partial charge < -0.3 is 4.42 Å². The molecule has 3 rings (SSSR count). The molecule has 124 valence electrons. The molecule has 5 nitrogen and oxygen atoms in total. The standard InChI is InChI=1S/C19H22N4O/c1-2-6-19-21-11-16(12-22-19)13-23(15-18-8-5-10-24-18)14-17-7-3-4-9-20-17/h3-5,7-12H,2,6,13-15H2,1H3. The molecule has 0 N–H and O–H groups in total. The van der Waals surface area contributed by atoms with Gasteiger partial charge in [0.15, 0.2) is 0 Å². The number of aromatic nitrogens is 3. The van der Waals surface area contributed by atoms with Gasteiger partial charge in [0.2, 0.25) is 0 Å². The molecule has 0 spiro atoms. The van der Waals surface area contributed by atoms with E-state index < -0.39 is 0 Å². The first-order valence-electron chi connectivity index (χ1n) is 8.28. The van der Waals surface area contributed by atoms with Crippen molar-refractivity contribution in [3.8, 4) is 0 Å². The minimum absolute atomic E-state index is 0.723. The smallest absolute Gasteiger partial charge is 0.128 e. The molecule has 0 fully saturated rings. The van der Waals surface area contributed by atoms with E-state index in [1.807, 2.05) is 48.9 Å². The Bertz CT molecular complexity index is 711. The Balaban J connectivity index is 1.71. The summed E-state index contributed by atoms with van der Waals surface area (Å²) in [6.07, 6.45) is 9.35. The monoisotopic (exact) mass is 322 g/mol. The maximum atomic E-state index is 5.50. The summed E-state index contributed by atoms with van der Waals surface area (Å²) in [6, 6.07) is 9.88. The molecule has 0 saturated heterocycles. The van der Waals surface area contributed by atoms with Gasteiger partial charge in [-0.1, -0.05) is 13.0 Å². The van der Waals surface area contributed by atoms with Crippen LogP contribution in [0.15, 0.2) is 59.6 Å². The molecule has 0 aromatic carbocycles. The fraction of sp³-hybridized carbons (Fsp3) is 0.316. The molecule has 5 heteroatoms. The first-order valence-corrected chi connectivity index (χ1v) is 8.28. The van der Waals surface area contributed by atoms with Gasteiger partial charge in [-0.2, -0.15) is 0 Å². The van der Waals surface area contributed by atoms with Crippen LogP contribution in [0, 0.1) is 0 Å². The second-order valence-corrected chi connectivity index (χ2v) is 5.80. The normalized spacial score (nSPS) is 11.1. The lowest BCUT2D eigenvalue weighted by Gasteiger charge is -2.20. The number of rotatable bonds is 8. The maximum absolute atomic E-state index is 5.50. The first-order chi connectivity index (χ1) is 11.8. The maximum Gasteiger partial charge on any atom is 0.128 e. The minimum Gasteiger partial charge on any atom is -0.468 e. The molecule has 0 aliphatic rings. The molecule has 24 heavy (non-hydrogen) atoms. The summed E-state index contributed by atoms with van der Waals surface area (Å²) in [5.74, 6) is 1.85. The van der Waals surface area contributed by atoms with Crippen LogP contribution in [0.5, 0.6) is 0 Å². The Labute approximate surface area is 142 Å². The third kappa shape index (κ3) is 4.73. The molecule has 3 heterocycles. The quantitative estimate of drug-likeness (QED) is 0.634. The highest BCUT2D eigenvalue weighted by Crippen LogP contribution is 2.13. The molecule has 0 unspecified atom stereocenters. The van der Waals surface area contributed by atoms with Crippen molar-refractivity contribution >= 4 is 0 Å². The van der Waals surface area contributed by atoms with E-state index in [2.05, 4.69) is 26.8 Å². The summed E-state index contributed by atoms with van der Waals surface area (Å²) in [5.41, 5.74) is 2.13. The highest BCUT2D eigenvalue weighted by molar-refractivity contribution is 5.08. The van der Waals surface area contributed by atoms with Crippen molar-refractivity contribution in [3.05, 3.63) is 78.0 Å². The van der Waals surface area contributed by atoms with Crippen molar-refractivity contribution in [3.63, 3.8) is 0 Å². The van der Waals surface area contributed by atoms with Crippen LogP contribution in [0.4, 0.5) is 0 Å². The number of pyridine rings is 1. The third-order valence-electron chi connectivity index (χ3n) is 3.71. The Morgan fingerprint density at radius 3 is 2.50 bits per heavy atom. The SMILES string of the molecule is CCCc1ncc(CN(Cc2ccccn2)Cc2ccco2)cn1. The third-order valence-corrected chi connectivity index (χ3v) is 3.71. The van der Waals surface area contributed by atoms with Crippen LogP contribution in [0.3, 0.4) is 0 Å². The van der Waals surface area contributed by atoms with Crippen molar-refractivity contribution in [2.24, 2.45) is 0 Å². The van der Waals surface area contributed by atoms with E-state index in [-0.39, 0.29) is 0 Å². The molecular formula is C19H22N4O. The number of hydrogen-bond acceptors (Lipinski definition) is 5. The Morgan fingerprint density at radius 1 is 0.958 bits per heavy atom. The van der Waals surface area contributed by atoms with Gasteiger partial charge in [0.25, 0.3) is 0 Å². The predicted octanol–water partition coefficient (Wildman–Crippen LogP) is 3.62. The summed E-state index contributed by atoms with van der Waals surface area (Å²) in [7, 11) is 0. The number of nitrogens with zero attached hydrogens (tertiary/aromatic N) is 4. The minimum atomic E-state index is 0.723. The topological polar surface area (TPSA) is 55.1 Å². The zero-order chi connectivity index (χ0) is 16.6. The summed E-state index contributed by atoms with van der Waals surface area (Å²) >= 11 is 0. The van der Waals surface area contributed by atoms with E-state index in [4.69, 9.17) is 4.42 Å². The molecule has 0 radical (unpaired) electrons. The van der Waals surface area contributed by atoms with Gasteiger partial charge in [-0.05, 0) is 30.7 Å². The Morgan fingerprint density at radius 2 is 1.83 bits per heavy atom. The van der Waals surface area contributed by atoms with E-state index in [1.54, 1.807) is 6.26 Å². The van der Waals surface area contributed by atoms with E-state index in [1.165, 1.54) is 0 Å². The van der Waals surface area contributed by atoms with E-state index in [9.17, 15) is 0 Å². The molecule has 0 saturated carbocycles. The molecule has 0 amide bonds. The van der Waals surface area contributed by atoms with Crippen LogP contribution >= 0.6 is 0 Å². The van der Waals surface area contributed by atoms with Gasteiger partial charge >= 0.3 is 0 Å². The average molecular weight is 322 g/mol. The number of aryl methyl sites for hydroxylation is 1. The van der Waals surface area contributed by atoms with Gasteiger partial charge in [0.1, 0.15) is 11.6 Å². The molecule has 0 aliphatic heterocycles. The summed E-state index contributed by atoms with van der Waals surface area (Å²) in [6.45, 7) is 4.36. The van der Waals surface area contributed by atoms with Crippen molar-refractivity contribution in [1.82, 2.24) is 19.9 Å². The van der Waals surface area contributed by atoms with Crippen LogP contribution in [0.25, 0.3) is 0 Å². The lowest BCUT2D eigenvalue weighted by Crippen LogP contribution is -2.23. The van der Waals surface area contributed by atoms with Crippen molar-refractivity contribution in [2.75, 3.05) is 0 Å². The fourth-order valence-electron chi connectivity index (χ4n) is 2.59. The second-order valence-electron chi connectivity index (χ2n) is 5.80. The average Bonchev–Trinajstić information content (AvgIpc) is 3.11. The molecule has 0 aliphatic carbocycles. The predicted molar refractivity (Wildman–Crippen MR) is 91.9 cm³/mol.